The molecule has 0 aliphatic rings. The van der Waals surface area contributed by atoms with E-state index in [9.17, 15) is 5.11 Å². The lowest BCUT2D eigenvalue weighted by Crippen LogP contribution is -2.18. The van der Waals surface area contributed by atoms with E-state index in [2.05, 4.69) is 29.5 Å². The average Bonchev–Trinajstić information content (AvgIpc) is 2.63. The van der Waals surface area contributed by atoms with E-state index in [4.69, 9.17) is 0 Å². The molecule has 80 valence electrons. The number of thiazole rings is 1. The van der Waals surface area contributed by atoms with E-state index in [1.807, 2.05) is 0 Å². The number of aryl methyl sites for hydroxylation is 1. The van der Waals surface area contributed by atoms with Crippen molar-refractivity contribution >= 4 is 16.5 Å². The summed E-state index contributed by atoms with van der Waals surface area (Å²) in [5.41, 5.74) is 1.11. The van der Waals surface area contributed by atoms with E-state index in [0.717, 1.165) is 30.1 Å². The smallest absolute Gasteiger partial charge is 0.182 e. The molecule has 0 saturated heterocycles. The summed E-state index contributed by atoms with van der Waals surface area (Å²) in [5.74, 6) is 0. The fourth-order valence-electron chi connectivity index (χ4n) is 1.19. The van der Waals surface area contributed by atoms with Crippen LogP contribution in [0.2, 0.25) is 0 Å². The zero-order chi connectivity index (χ0) is 10.4. The summed E-state index contributed by atoms with van der Waals surface area (Å²) < 4.78 is 0. The van der Waals surface area contributed by atoms with Crippen molar-refractivity contribution in [2.24, 2.45) is 0 Å². The van der Waals surface area contributed by atoms with Gasteiger partial charge in [0.2, 0.25) is 0 Å². The first-order chi connectivity index (χ1) is 6.76. The van der Waals surface area contributed by atoms with Gasteiger partial charge in [0.25, 0.3) is 0 Å². The third-order valence-electron chi connectivity index (χ3n) is 2.02. The Bertz CT molecular complexity index is 262. The monoisotopic (exact) mass is 214 g/mol. The number of nitrogens with one attached hydrogen (secondary N) is 1. The maximum Gasteiger partial charge on any atom is 0.182 e. The highest BCUT2D eigenvalue weighted by molar-refractivity contribution is 7.13. The van der Waals surface area contributed by atoms with E-state index in [0.29, 0.717) is 6.54 Å². The highest BCUT2D eigenvalue weighted by atomic mass is 32.1. The molecule has 2 N–H and O–H groups in total. The topological polar surface area (TPSA) is 45.1 Å². The van der Waals surface area contributed by atoms with Crippen LogP contribution in [0.25, 0.3) is 0 Å². The number of hydrogen-bond acceptors (Lipinski definition) is 4. The minimum absolute atomic E-state index is 0.256. The van der Waals surface area contributed by atoms with Gasteiger partial charge in [0.05, 0.1) is 11.8 Å². The van der Waals surface area contributed by atoms with Crippen molar-refractivity contribution in [2.45, 2.75) is 39.2 Å². The van der Waals surface area contributed by atoms with Gasteiger partial charge < -0.3 is 10.4 Å². The predicted molar refractivity (Wildman–Crippen MR) is 60.9 cm³/mol. The standard InChI is InChI=1S/C10H18N2OS/c1-3-5-9(13)6-11-10-12-8(4-2)7-14-10/h7,9,13H,3-6H2,1-2H3,(H,11,12). The number of nitrogens with zero attached hydrogens (tertiary/aromatic N) is 1. The lowest BCUT2D eigenvalue weighted by molar-refractivity contribution is 0.176. The summed E-state index contributed by atoms with van der Waals surface area (Å²) in [6.45, 7) is 4.76. The van der Waals surface area contributed by atoms with Crippen LogP contribution in [0.4, 0.5) is 5.13 Å². The molecule has 1 atom stereocenters. The van der Waals surface area contributed by atoms with Crippen molar-refractivity contribution in [1.82, 2.24) is 4.98 Å². The van der Waals surface area contributed by atoms with Gasteiger partial charge >= 0.3 is 0 Å². The molecule has 1 aromatic heterocycles. The van der Waals surface area contributed by atoms with Gasteiger partial charge in [-0.1, -0.05) is 20.3 Å². The maximum atomic E-state index is 9.49. The first-order valence-corrected chi connectivity index (χ1v) is 6.00. The third kappa shape index (κ3) is 3.64. The second kappa shape index (κ2) is 5.98. The fraction of sp³-hybridized carbons (Fsp3) is 0.700. The molecule has 0 saturated carbocycles. The summed E-state index contributed by atoms with van der Waals surface area (Å²) in [6, 6.07) is 0. The number of hydrogen-bond donors (Lipinski definition) is 2. The average molecular weight is 214 g/mol. The van der Waals surface area contributed by atoms with Gasteiger partial charge in [-0.15, -0.1) is 11.3 Å². The molecule has 0 spiro atoms. The van der Waals surface area contributed by atoms with Crippen molar-refractivity contribution in [3.8, 4) is 0 Å². The Kier molecular flexibility index (Phi) is 4.90. The van der Waals surface area contributed by atoms with Gasteiger partial charge in [-0.2, -0.15) is 0 Å². The minimum atomic E-state index is -0.256. The van der Waals surface area contributed by atoms with Gasteiger partial charge in [0.1, 0.15) is 0 Å². The second-order valence-electron chi connectivity index (χ2n) is 3.32. The van der Waals surface area contributed by atoms with Crippen LogP contribution >= 0.6 is 11.3 Å². The van der Waals surface area contributed by atoms with E-state index >= 15 is 0 Å². The Labute approximate surface area is 89.2 Å². The molecule has 1 unspecified atom stereocenters. The van der Waals surface area contributed by atoms with Crippen LogP contribution in [0.15, 0.2) is 5.38 Å². The van der Waals surface area contributed by atoms with Crippen LogP contribution in [-0.2, 0) is 6.42 Å². The maximum absolute atomic E-state index is 9.49. The SMILES string of the molecule is CCCC(O)CNc1nc(CC)cs1. The number of aliphatic hydroxyl groups excluding tert-OH is 1. The molecular weight excluding hydrogens is 196 g/mol. The van der Waals surface area contributed by atoms with Gasteiger partial charge in [0, 0.05) is 11.9 Å². The predicted octanol–water partition coefficient (Wildman–Crippen LogP) is 2.28. The van der Waals surface area contributed by atoms with Crippen LogP contribution in [0.5, 0.6) is 0 Å². The van der Waals surface area contributed by atoms with Crippen LogP contribution < -0.4 is 5.32 Å². The summed E-state index contributed by atoms with van der Waals surface area (Å²) in [5, 5.41) is 15.6. The van der Waals surface area contributed by atoms with E-state index < -0.39 is 0 Å². The molecule has 0 bridgehead atoms. The molecule has 0 fully saturated rings. The molecule has 4 heteroatoms. The van der Waals surface area contributed by atoms with Gasteiger partial charge in [-0.05, 0) is 12.8 Å². The molecule has 3 nitrogen and oxygen atoms in total. The zero-order valence-corrected chi connectivity index (χ0v) is 9.60. The molecule has 0 aromatic carbocycles. The first kappa shape index (κ1) is 11.5. The third-order valence-corrected chi connectivity index (χ3v) is 2.87. The highest BCUT2D eigenvalue weighted by Gasteiger charge is 2.04. The lowest BCUT2D eigenvalue weighted by atomic mass is 10.2. The van der Waals surface area contributed by atoms with Crippen LogP contribution in [0.1, 0.15) is 32.4 Å². The molecule has 1 rings (SSSR count). The molecule has 0 radical (unpaired) electrons. The van der Waals surface area contributed by atoms with Crippen molar-refractivity contribution < 1.29 is 5.11 Å². The first-order valence-electron chi connectivity index (χ1n) is 5.12. The fourth-order valence-corrected chi connectivity index (χ4v) is 1.99. The number of aromatic nitrogens is 1. The minimum Gasteiger partial charge on any atom is -0.391 e. The second-order valence-corrected chi connectivity index (χ2v) is 4.18. The highest BCUT2D eigenvalue weighted by Crippen LogP contribution is 2.15. The van der Waals surface area contributed by atoms with Gasteiger partial charge in [0.15, 0.2) is 5.13 Å². The Balaban J connectivity index is 2.30. The number of anilines is 1. The number of aliphatic hydroxyl groups is 1. The Hall–Kier alpha value is -0.610. The van der Waals surface area contributed by atoms with Crippen LogP contribution in [-0.4, -0.2) is 22.7 Å². The quantitative estimate of drug-likeness (QED) is 0.763. The zero-order valence-electron chi connectivity index (χ0n) is 8.79. The normalized spacial score (nSPS) is 12.8. The Morgan fingerprint density at radius 2 is 2.36 bits per heavy atom. The van der Waals surface area contributed by atoms with Crippen LogP contribution in [0.3, 0.4) is 0 Å². The summed E-state index contributed by atoms with van der Waals surface area (Å²) in [6.07, 6.45) is 2.57. The molecule has 0 amide bonds. The largest absolute Gasteiger partial charge is 0.391 e. The summed E-state index contributed by atoms with van der Waals surface area (Å²) in [4.78, 5) is 4.36. The van der Waals surface area contributed by atoms with E-state index in [1.165, 1.54) is 0 Å². The van der Waals surface area contributed by atoms with E-state index in [1.54, 1.807) is 11.3 Å². The molecule has 0 aliphatic carbocycles. The van der Waals surface area contributed by atoms with Crippen molar-refractivity contribution in [3.63, 3.8) is 0 Å². The van der Waals surface area contributed by atoms with Gasteiger partial charge in [-0.25, -0.2) is 4.98 Å². The summed E-state index contributed by atoms with van der Waals surface area (Å²) in [7, 11) is 0. The molecule has 0 aliphatic heterocycles. The Morgan fingerprint density at radius 3 is 2.93 bits per heavy atom. The molecular formula is C10H18N2OS. The molecule has 1 aromatic rings. The number of rotatable bonds is 6. The lowest BCUT2D eigenvalue weighted by Gasteiger charge is -2.08. The van der Waals surface area contributed by atoms with Gasteiger partial charge in [-0.3, -0.25) is 0 Å². The van der Waals surface area contributed by atoms with E-state index in [-0.39, 0.29) is 6.10 Å². The molecule has 14 heavy (non-hydrogen) atoms. The summed E-state index contributed by atoms with van der Waals surface area (Å²) >= 11 is 1.60. The Morgan fingerprint density at radius 1 is 1.57 bits per heavy atom. The van der Waals surface area contributed by atoms with Crippen LogP contribution in [0, 0.1) is 0 Å². The van der Waals surface area contributed by atoms with Crippen molar-refractivity contribution in [2.75, 3.05) is 11.9 Å². The van der Waals surface area contributed by atoms with Crippen molar-refractivity contribution in [3.05, 3.63) is 11.1 Å². The molecule has 1 heterocycles. The van der Waals surface area contributed by atoms with Crippen molar-refractivity contribution in [1.29, 1.82) is 0 Å².